The molecule has 0 aliphatic heterocycles. The van der Waals surface area contributed by atoms with Gasteiger partial charge in [-0.1, -0.05) is 0 Å². The van der Waals surface area contributed by atoms with Crippen molar-refractivity contribution in [2.24, 2.45) is 7.05 Å². The van der Waals surface area contributed by atoms with Crippen LogP contribution >= 0.6 is 22.6 Å². The monoisotopic (exact) mass is 286 g/mol. The number of nitrogens with zero attached hydrogens (tertiary/aromatic N) is 3. The predicted octanol–water partition coefficient (Wildman–Crippen LogP) is 1.30. The fourth-order valence-electron chi connectivity index (χ4n) is 1.21. The number of aryl methyl sites for hydroxylation is 1. The normalized spacial score (nSPS) is 10.3. The molecule has 2 aromatic heterocycles. The summed E-state index contributed by atoms with van der Waals surface area (Å²) in [5.74, 6) is 0. The molecule has 0 amide bonds. The highest BCUT2D eigenvalue weighted by Crippen LogP contribution is 2.12. The van der Waals surface area contributed by atoms with Crippen molar-refractivity contribution in [3.05, 3.63) is 40.5 Å². The van der Waals surface area contributed by atoms with Crippen LogP contribution in [-0.2, 0) is 7.05 Å². The predicted molar refractivity (Wildman–Crippen MR) is 57.5 cm³/mol. The Balaban J connectivity index is 2.59. The second kappa shape index (κ2) is 3.45. The SMILES string of the molecule is C[n+]1cccn1-c1cnccc1I. The van der Waals surface area contributed by atoms with Gasteiger partial charge in [0.15, 0.2) is 13.2 Å². The van der Waals surface area contributed by atoms with E-state index in [9.17, 15) is 0 Å². The van der Waals surface area contributed by atoms with Gasteiger partial charge in [0.05, 0.1) is 12.4 Å². The number of hydrogen-bond acceptors (Lipinski definition) is 1. The minimum atomic E-state index is 1.11. The van der Waals surface area contributed by atoms with Crippen LogP contribution < -0.4 is 4.68 Å². The maximum Gasteiger partial charge on any atom is 0.195 e. The zero-order valence-electron chi connectivity index (χ0n) is 7.18. The number of hydrogen-bond donors (Lipinski definition) is 0. The van der Waals surface area contributed by atoms with Crippen LogP contribution in [0.1, 0.15) is 0 Å². The molecule has 0 saturated heterocycles. The molecule has 0 atom stereocenters. The summed E-state index contributed by atoms with van der Waals surface area (Å²) in [5, 5.41) is 0. The zero-order chi connectivity index (χ0) is 9.26. The highest BCUT2D eigenvalue weighted by Gasteiger charge is 2.08. The van der Waals surface area contributed by atoms with Crippen LogP contribution in [0.5, 0.6) is 0 Å². The summed E-state index contributed by atoms with van der Waals surface area (Å²) in [6.07, 6.45) is 7.68. The average Bonchev–Trinajstić information content (AvgIpc) is 2.52. The van der Waals surface area contributed by atoms with Gasteiger partial charge in [0.2, 0.25) is 0 Å². The molecule has 66 valence electrons. The van der Waals surface area contributed by atoms with Gasteiger partial charge >= 0.3 is 0 Å². The fourth-order valence-corrected chi connectivity index (χ4v) is 1.76. The third-order valence-corrected chi connectivity index (χ3v) is 2.78. The summed E-state index contributed by atoms with van der Waals surface area (Å²) in [5.41, 5.74) is 1.11. The quantitative estimate of drug-likeness (QED) is 0.572. The minimum absolute atomic E-state index is 1.11. The number of halogens is 1. The summed E-state index contributed by atoms with van der Waals surface area (Å²) in [4.78, 5) is 4.10. The topological polar surface area (TPSA) is 21.7 Å². The maximum atomic E-state index is 4.10. The second-order valence-corrected chi connectivity index (χ2v) is 3.90. The third kappa shape index (κ3) is 1.58. The van der Waals surface area contributed by atoms with E-state index >= 15 is 0 Å². The fraction of sp³-hybridized carbons (Fsp3) is 0.111. The van der Waals surface area contributed by atoms with E-state index in [4.69, 9.17) is 0 Å². The Kier molecular flexibility index (Phi) is 2.30. The lowest BCUT2D eigenvalue weighted by molar-refractivity contribution is -0.744. The number of aromatic nitrogens is 3. The van der Waals surface area contributed by atoms with E-state index in [1.165, 1.54) is 3.57 Å². The molecule has 0 radical (unpaired) electrons. The zero-order valence-corrected chi connectivity index (χ0v) is 9.34. The van der Waals surface area contributed by atoms with E-state index in [1.54, 1.807) is 6.20 Å². The molecule has 0 N–H and O–H groups in total. The van der Waals surface area contributed by atoms with Crippen molar-refractivity contribution in [2.45, 2.75) is 0 Å². The molecule has 2 aromatic rings. The first kappa shape index (κ1) is 8.68. The van der Waals surface area contributed by atoms with Gasteiger partial charge in [-0.3, -0.25) is 4.98 Å². The molecule has 0 aliphatic rings. The van der Waals surface area contributed by atoms with Crippen molar-refractivity contribution in [1.82, 2.24) is 9.67 Å². The molecule has 0 aliphatic carbocycles. The molecule has 0 unspecified atom stereocenters. The highest BCUT2D eigenvalue weighted by molar-refractivity contribution is 14.1. The molecule has 4 heteroatoms. The molecule has 0 spiro atoms. The molecule has 3 nitrogen and oxygen atoms in total. The van der Waals surface area contributed by atoms with Gasteiger partial charge in [-0.25, -0.2) is 0 Å². The van der Waals surface area contributed by atoms with Crippen molar-refractivity contribution in [2.75, 3.05) is 0 Å². The molecule has 0 bridgehead atoms. The molecule has 0 fully saturated rings. The third-order valence-electron chi connectivity index (χ3n) is 1.86. The molecule has 0 saturated carbocycles. The number of rotatable bonds is 1. The van der Waals surface area contributed by atoms with Crippen LogP contribution in [0, 0.1) is 3.57 Å². The Morgan fingerprint density at radius 1 is 1.54 bits per heavy atom. The first-order valence-electron chi connectivity index (χ1n) is 3.92. The Bertz CT molecular complexity index is 422. The van der Waals surface area contributed by atoms with Crippen LogP contribution in [0.4, 0.5) is 0 Å². The lowest BCUT2D eigenvalue weighted by Gasteiger charge is -2.00. The summed E-state index contributed by atoms with van der Waals surface area (Å²) in [7, 11) is 2.00. The molecular weight excluding hydrogens is 277 g/mol. The van der Waals surface area contributed by atoms with Gasteiger partial charge in [0.1, 0.15) is 5.69 Å². The summed E-state index contributed by atoms with van der Waals surface area (Å²) < 4.78 is 5.26. The van der Waals surface area contributed by atoms with Crippen molar-refractivity contribution in [3.63, 3.8) is 0 Å². The van der Waals surface area contributed by atoms with Crippen LogP contribution in [0.15, 0.2) is 36.9 Å². The minimum Gasteiger partial charge on any atom is -0.262 e. The Hall–Kier alpha value is -0.910. The Labute approximate surface area is 90.2 Å². The van der Waals surface area contributed by atoms with Crippen LogP contribution in [0.3, 0.4) is 0 Å². The second-order valence-electron chi connectivity index (χ2n) is 2.74. The highest BCUT2D eigenvalue weighted by atomic mass is 127. The lowest BCUT2D eigenvalue weighted by atomic mass is 10.4. The largest absolute Gasteiger partial charge is 0.262 e. The maximum absolute atomic E-state index is 4.10. The van der Waals surface area contributed by atoms with Crippen molar-refractivity contribution >= 4 is 22.6 Å². The van der Waals surface area contributed by atoms with E-state index in [1.807, 2.05) is 42.5 Å². The van der Waals surface area contributed by atoms with Gasteiger partial charge in [0.25, 0.3) is 0 Å². The molecule has 0 aromatic carbocycles. The van der Waals surface area contributed by atoms with E-state index in [2.05, 4.69) is 32.3 Å². The lowest BCUT2D eigenvalue weighted by Crippen LogP contribution is -2.37. The standard InChI is InChI=1S/C9H9IN3/c1-12-5-2-6-13(12)9-7-11-4-3-8(9)10/h2-7H,1H3/q+1. The smallest absolute Gasteiger partial charge is 0.195 e. The van der Waals surface area contributed by atoms with Crippen LogP contribution in [-0.4, -0.2) is 9.67 Å². The van der Waals surface area contributed by atoms with E-state index in [-0.39, 0.29) is 0 Å². The Morgan fingerprint density at radius 2 is 2.38 bits per heavy atom. The van der Waals surface area contributed by atoms with Crippen molar-refractivity contribution in [1.29, 1.82) is 0 Å². The molecular formula is C9H9IN3+. The van der Waals surface area contributed by atoms with Gasteiger partial charge in [-0.05, 0) is 28.7 Å². The first-order valence-corrected chi connectivity index (χ1v) is 5.00. The van der Waals surface area contributed by atoms with Gasteiger partial charge in [-0.15, -0.1) is 9.36 Å². The summed E-state index contributed by atoms with van der Waals surface area (Å²) in [6, 6.07) is 4.00. The van der Waals surface area contributed by atoms with E-state index in [0.29, 0.717) is 0 Å². The van der Waals surface area contributed by atoms with Crippen molar-refractivity contribution < 1.29 is 4.68 Å². The summed E-state index contributed by atoms with van der Waals surface area (Å²) >= 11 is 2.30. The van der Waals surface area contributed by atoms with Gasteiger partial charge < -0.3 is 0 Å². The molecule has 13 heavy (non-hydrogen) atoms. The van der Waals surface area contributed by atoms with E-state index in [0.717, 1.165) is 5.69 Å². The molecule has 2 rings (SSSR count). The summed E-state index contributed by atoms with van der Waals surface area (Å²) in [6.45, 7) is 0. The van der Waals surface area contributed by atoms with E-state index < -0.39 is 0 Å². The molecule has 2 heterocycles. The van der Waals surface area contributed by atoms with Gasteiger partial charge in [0, 0.05) is 15.8 Å². The van der Waals surface area contributed by atoms with Crippen molar-refractivity contribution in [3.8, 4) is 5.69 Å². The number of pyridine rings is 1. The van der Waals surface area contributed by atoms with Gasteiger partial charge in [-0.2, -0.15) is 0 Å². The van der Waals surface area contributed by atoms with Crippen LogP contribution in [0.2, 0.25) is 0 Å². The first-order chi connectivity index (χ1) is 6.29. The Morgan fingerprint density at radius 3 is 3.00 bits per heavy atom. The average molecular weight is 286 g/mol. The van der Waals surface area contributed by atoms with Crippen LogP contribution in [0.25, 0.3) is 5.69 Å².